The van der Waals surface area contributed by atoms with Crippen molar-refractivity contribution in [3.05, 3.63) is 11.2 Å². The molecule has 84 valence electrons. The van der Waals surface area contributed by atoms with Crippen molar-refractivity contribution >= 4 is 21.4 Å². The van der Waals surface area contributed by atoms with E-state index >= 15 is 0 Å². The van der Waals surface area contributed by atoms with Gasteiger partial charge in [-0.3, -0.25) is 0 Å². The minimum Gasteiger partial charge on any atom is -0.314 e. The van der Waals surface area contributed by atoms with Gasteiger partial charge in [-0.05, 0) is 6.92 Å². The highest BCUT2D eigenvalue weighted by molar-refractivity contribution is 7.91. The molecule has 0 bridgehead atoms. The van der Waals surface area contributed by atoms with Crippen molar-refractivity contribution in [2.45, 2.75) is 11.1 Å². The number of thiazole rings is 1. The molecule has 1 aromatic rings. The molecule has 0 amide bonds. The van der Waals surface area contributed by atoms with Gasteiger partial charge in [0.05, 0.1) is 11.2 Å². The molecule has 0 atom stereocenters. The first-order chi connectivity index (χ1) is 7.10. The van der Waals surface area contributed by atoms with Crippen LogP contribution in [0.5, 0.6) is 0 Å². The Kier molecular flexibility index (Phi) is 3.06. The summed E-state index contributed by atoms with van der Waals surface area (Å²) in [5.41, 5.74) is 0. The van der Waals surface area contributed by atoms with Crippen molar-refractivity contribution in [3.63, 3.8) is 0 Å². The lowest BCUT2D eigenvalue weighted by molar-refractivity contribution is 0.361. The Morgan fingerprint density at radius 2 is 2.13 bits per heavy atom. The smallest absolute Gasteiger partial charge is 0.254 e. The largest absolute Gasteiger partial charge is 0.314 e. The lowest BCUT2D eigenvalue weighted by atomic mass is 10.4. The van der Waals surface area contributed by atoms with E-state index in [9.17, 15) is 8.42 Å². The molecule has 15 heavy (non-hydrogen) atoms. The van der Waals surface area contributed by atoms with Crippen molar-refractivity contribution in [1.82, 2.24) is 14.6 Å². The van der Waals surface area contributed by atoms with Crippen molar-refractivity contribution in [1.29, 1.82) is 0 Å². The van der Waals surface area contributed by atoms with Crippen molar-refractivity contribution in [2.24, 2.45) is 0 Å². The van der Waals surface area contributed by atoms with Crippen LogP contribution in [0.1, 0.15) is 5.01 Å². The maximum atomic E-state index is 12.1. The highest BCUT2D eigenvalue weighted by Crippen LogP contribution is 2.22. The number of aryl methyl sites for hydroxylation is 1. The maximum Gasteiger partial charge on any atom is 0.254 e. The van der Waals surface area contributed by atoms with Crippen LogP contribution in [0.25, 0.3) is 0 Å². The summed E-state index contributed by atoms with van der Waals surface area (Å²) in [7, 11) is -3.29. The normalized spacial score (nSPS) is 19.3. The summed E-state index contributed by atoms with van der Waals surface area (Å²) in [4.78, 5) is 3.97. The SMILES string of the molecule is Cc1ncc(S(=O)(=O)N2CCNCC2)s1. The van der Waals surface area contributed by atoms with E-state index in [0.29, 0.717) is 17.3 Å². The lowest BCUT2D eigenvalue weighted by Crippen LogP contribution is -2.46. The standard InChI is InChI=1S/C8H13N3O2S2/c1-7-10-6-8(14-7)15(12,13)11-4-2-9-3-5-11/h6,9H,2-5H2,1H3. The first-order valence-electron chi connectivity index (χ1n) is 4.74. The molecule has 1 aliphatic heterocycles. The molecule has 0 aliphatic carbocycles. The molecule has 1 aromatic heterocycles. The molecule has 0 spiro atoms. The number of piperazine rings is 1. The Bertz CT molecular complexity index is 434. The van der Waals surface area contributed by atoms with Crippen LogP contribution in [0.3, 0.4) is 0 Å². The molecule has 5 nitrogen and oxygen atoms in total. The van der Waals surface area contributed by atoms with Gasteiger partial charge in [-0.15, -0.1) is 11.3 Å². The van der Waals surface area contributed by atoms with Crippen molar-refractivity contribution in [3.8, 4) is 0 Å². The maximum absolute atomic E-state index is 12.1. The van der Waals surface area contributed by atoms with E-state index in [4.69, 9.17) is 0 Å². The first kappa shape index (κ1) is 11.0. The summed E-state index contributed by atoms with van der Waals surface area (Å²) in [5, 5.41) is 3.91. The van der Waals surface area contributed by atoms with Crippen molar-refractivity contribution < 1.29 is 8.42 Å². The predicted octanol–water partition coefficient (Wildman–Crippen LogP) is 0.0454. The number of hydrogen-bond acceptors (Lipinski definition) is 5. The van der Waals surface area contributed by atoms with Gasteiger partial charge in [0.1, 0.15) is 0 Å². The van der Waals surface area contributed by atoms with Crippen molar-refractivity contribution in [2.75, 3.05) is 26.2 Å². The summed E-state index contributed by atoms with van der Waals surface area (Å²) in [6.07, 6.45) is 1.44. The number of sulfonamides is 1. The second-order valence-electron chi connectivity index (χ2n) is 3.35. The monoisotopic (exact) mass is 247 g/mol. The third-order valence-electron chi connectivity index (χ3n) is 2.27. The molecule has 0 saturated carbocycles. The summed E-state index contributed by atoms with van der Waals surface area (Å²) in [6, 6.07) is 0. The zero-order valence-corrected chi connectivity index (χ0v) is 10.1. The average molecular weight is 247 g/mol. The number of nitrogens with one attached hydrogen (secondary N) is 1. The minimum atomic E-state index is -3.29. The van der Waals surface area contributed by atoms with Crippen LogP contribution in [0.2, 0.25) is 0 Å². The second-order valence-corrected chi connectivity index (χ2v) is 6.75. The fraction of sp³-hybridized carbons (Fsp3) is 0.625. The Morgan fingerprint density at radius 1 is 1.47 bits per heavy atom. The summed E-state index contributed by atoms with van der Waals surface area (Å²) in [5.74, 6) is 0. The molecular formula is C8H13N3O2S2. The molecule has 0 aromatic carbocycles. The fourth-order valence-electron chi connectivity index (χ4n) is 1.47. The van der Waals surface area contributed by atoms with Gasteiger partial charge in [-0.1, -0.05) is 0 Å². The molecule has 1 aliphatic rings. The van der Waals surface area contributed by atoms with Gasteiger partial charge in [0.25, 0.3) is 10.0 Å². The number of rotatable bonds is 2. The highest BCUT2D eigenvalue weighted by atomic mass is 32.2. The van der Waals surface area contributed by atoms with Crippen LogP contribution in [0, 0.1) is 6.92 Å². The lowest BCUT2D eigenvalue weighted by Gasteiger charge is -2.25. The third kappa shape index (κ3) is 2.20. The van der Waals surface area contributed by atoms with Gasteiger partial charge in [-0.25, -0.2) is 13.4 Å². The van der Waals surface area contributed by atoms with Gasteiger partial charge >= 0.3 is 0 Å². The number of aromatic nitrogens is 1. The highest BCUT2D eigenvalue weighted by Gasteiger charge is 2.27. The quantitative estimate of drug-likeness (QED) is 0.802. The summed E-state index contributed by atoms with van der Waals surface area (Å²) < 4.78 is 26.0. The van der Waals surface area contributed by atoms with Crippen LogP contribution in [0.15, 0.2) is 10.4 Å². The van der Waals surface area contributed by atoms with Crippen LogP contribution < -0.4 is 5.32 Å². The predicted molar refractivity (Wildman–Crippen MR) is 58.5 cm³/mol. The second kappa shape index (κ2) is 4.17. The van der Waals surface area contributed by atoms with E-state index in [-0.39, 0.29) is 0 Å². The van der Waals surface area contributed by atoms with E-state index < -0.39 is 10.0 Å². The molecule has 7 heteroatoms. The van der Waals surface area contributed by atoms with E-state index in [1.54, 1.807) is 6.92 Å². The van der Waals surface area contributed by atoms with Gasteiger partial charge in [-0.2, -0.15) is 4.31 Å². The Labute approximate surface area is 93.2 Å². The van der Waals surface area contributed by atoms with Gasteiger partial charge in [0.2, 0.25) is 0 Å². The Morgan fingerprint density at radius 3 is 2.67 bits per heavy atom. The number of nitrogens with zero attached hydrogens (tertiary/aromatic N) is 2. The number of hydrogen-bond donors (Lipinski definition) is 1. The van der Waals surface area contributed by atoms with E-state index in [2.05, 4.69) is 10.3 Å². The molecule has 2 rings (SSSR count). The fourth-order valence-corrected chi connectivity index (χ4v) is 4.18. The Balaban J connectivity index is 2.26. The molecule has 1 N–H and O–H groups in total. The van der Waals surface area contributed by atoms with Crippen LogP contribution in [0.4, 0.5) is 0 Å². The molecule has 2 heterocycles. The molecule has 1 saturated heterocycles. The van der Waals surface area contributed by atoms with Gasteiger partial charge < -0.3 is 5.32 Å². The van der Waals surface area contributed by atoms with Crippen LogP contribution >= 0.6 is 11.3 Å². The topological polar surface area (TPSA) is 62.3 Å². The summed E-state index contributed by atoms with van der Waals surface area (Å²) in [6.45, 7) is 4.33. The van der Waals surface area contributed by atoms with E-state index in [0.717, 1.165) is 18.1 Å². The molecular weight excluding hydrogens is 234 g/mol. The average Bonchev–Trinajstić information content (AvgIpc) is 2.67. The van der Waals surface area contributed by atoms with E-state index in [1.807, 2.05) is 0 Å². The molecule has 1 fully saturated rings. The third-order valence-corrected chi connectivity index (χ3v) is 5.52. The van der Waals surface area contributed by atoms with Gasteiger partial charge in [0.15, 0.2) is 4.21 Å². The zero-order valence-electron chi connectivity index (χ0n) is 8.43. The van der Waals surface area contributed by atoms with Gasteiger partial charge in [0, 0.05) is 26.2 Å². The summed E-state index contributed by atoms with van der Waals surface area (Å²) >= 11 is 1.23. The zero-order chi connectivity index (χ0) is 10.9. The Hall–Kier alpha value is -0.500. The minimum absolute atomic E-state index is 0.349. The van der Waals surface area contributed by atoms with Crippen LogP contribution in [-0.2, 0) is 10.0 Å². The van der Waals surface area contributed by atoms with Crippen LogP contribution in [-0.4, -0.2) is 43.9 Å². The molecule has 0 radical (unpaired) electrons. The first-order valence-corrected chi connectivity index (χ1v) is 6.99. The van der Waals surface area contributed by atoms with E-state index in [1.165, 1.54) is 21.8 Å². The molecule has 0 unspecified atom stereocenters.